The van der Waals surface area contributed by atoms with E-state index in [4.69, 9.17) is 16.3 Å². The van der Waals surface area contributed by atoms with Crippen LogP contribution < -0.4 is 4.90 Å². The molecule has 0 saturated carbocycles. The highest BCUT2D eigenvalue weighted by Crippen LogP contribution is 2.29. The second-order valence-corrected chi connectivity index (χ2v) is 5.49. The zero-order valence-corrected chi connectivity index (χ0v) is 11.8. The monoisotopic (exact) mass is 277 g/mol. The van der Waals surface area contributed by atoms with Crippen LogP contribution in [0.25, 0.3) is 10.9 Å². The van der Waals surface area contributed by atoms with E-state index < -0.39 is 0 Å². The quantitative estimate of drug-likeness (QED) is 0.803. The first-order valence-electron chi connectivity index (χ1n) is 6.45. The number of nitrogens with zero attached hydrogens (tertiary/aromatic N) is 3. The smallest absolute Gasteiger partial charge is 0.0951 e. The molecule has 3 rings (SSSR count). The van der Waals surface area contributed by atoms with Crippen molar-refractivity contribution in [3.63, 3.8) is 0 Å². The number of rotatable bonds is 1. The third-order valence-electron chi connectivity index (χ3n) is 3.34. The van der Waals surface area contributed by atoms with E-state index in [0.717, 1.165) is 34.7 Å². The van der Waals surface area contributed by atoms with Crippen LogP contribution in [0.1, 0.15) is 13.8 Å². The van der Waals surface area contributed by atoms with Crippen LogP contribution in [0.2, 0.25) is 5.02 Å². The molecule has 0 bridgehead atoms. The molecule has 4 nitrogen and oxygen atoms in total. The lowest BCUT2D eigenvalue weighted by Crippen LogP contribution is -2.45. The van der Waals surface area contributed by atoms with Crippen molar-refractivity contribution in [3.8, 4) is 0 Å². The van der Waals surface area contributed by atoms with E-state index in [2.05, 4.69) is 28.9 Å². The molecule has 0 amide bonds. The summed E-state index contributed by atoms with van der Waals surface area (Å²) in [5.41, 5.74) is 1.95. The average Bonchev–Trinajstić information content (AvgIpc) is 2.36. The van der Waals surface area contributed by atoms with Crippen LogP contribution in [-0.4, -0.2) is 35.5 Å². The van der Waals surface area contributed by atoms with Gasteiger partial charge in [-0.05, 0) is 32.0 Å². The van der Waals surface area contributed by atoms with Gasteiger partial charge in [0, 0.05) is 23.5 Å². The van der Waals surface area contributed by atoms with Gasteiger partial charge < -0.3 is 9.64 Å². The molecule has 1 aliphatic rings. The summed E-state index contributed by atoms with van der Waals surface area (Å²) >= 11 is 6.10. The highest BCUT2D eigenvalue weighted by Gasteiger charge is 2.23. The lowest BCUT2D eigenvalue weighted by Gasteiger charge is -2.37. The SMILES string of the molecule is C[C@@H]1CN(c2cnnc3ccc(Cl)cc23)C[C@H](C)O1. The fourth-order valence-electron chi connectivity index (χ4n) is 2.64. The van der Waals surface area contributed by atoms with Crippen LogP contribution in [-0.2, 0) is 4.74 Å². The van der Waals surface area contributed by atoms with E-state index in [9.17, 15) is 0 Å². The lowest BCUT2D eigenvalue weighted by atomic mass is 10.1. The van der Waals surface area contributed by atoms with Gasteiger partial charge in [-0.25, -0.2) is 0 Å². The minimum atomic E-state index is 0.214. The Morgan fingerprint density at radius 1 is 1.26 bits per heavy atom. The number of hydrogen-bond acceptors (Lipinski definition) is 4. The molecule has 2 heterocycles. The van der Waals surface area contributed by atoms with Crippen molar-refractivity contribution >= 4 is 28.2 Å². The minimum Gasteiger partial charge on any atom is -0.372 e. The van der Waals surface area contributed by atoms with Gasteiger partial charge in [0.2, 0.25) is 0 Å². The number of morpholine rings is 1. The van der Waals surface area contributed by atoms with Gasteiger partial charge in [0.25, 0.3) is 0 Å². The largest absolute Gasteiger partial charge is 0.372 e. The standard InChI is InChI=1S/C14H16ClN3O/c1-9-7-18(8-10(2)19-9)14-6-16-17-13-4-3-11(15)5-12(13)14/h3-6,9-10H,7-8H2,1-2H3/t9-,10+. The molecule has 1 aliphatic heterocycles. The number of hydrogen-bond donors (Lipinski definition) is 0. The summed E-state index contributed by atoms with van der Waals surface area (Å²) in [6.07, 6.45) is 2.24. The molecule has 1 aromatic carbocycles. The molecule has 0 aliphatic carbocycles. The van der Waals surface area contributed by atoms with Gasteiger partial charge in [0.15, 0.2) is 0 Å². The third-order valence-corrected chi connectivity index (χ3v) is 3.58. The number of aromatic nitrogens is 2. The number of fused-ring (bicyclic) bond motifs is 1. The van der Waals surface area contributed by atoms with Crippen molar-refractivity contribution in [2.24, 2.45) is 0 Å². The Kier molecular flexibility index (Phi) is 3.29. The predicted molar refractivity (Wildman–Crippen MR) is 76.8 cm³/mol. The maximum atomic E-state index is 6.10. The predicted octanol–water partition coefficient (Wildman–Crippen LogP) is 2.90. The minimum absolute atomic E-state index is 0.214. The van der Waals surface area contributed by atoms with Gasteiger partial charge in [-0.1, -0.05) is 11.6 Å². The molecule has 1 aromatic heterocycles. The maximum absolute atomic E-state index is 6.10. The fraction of sp³-hybridized carbons (Fsp3) is 0.429. The van der Waals surface area contributed by atoms with E-state index in [1.807, 2.05) is 24.4 Å². The number of halogens is 1. The first-order chi connectivity index (χ1) is 9.13. The van der Waals surface area contributed by atoms with Gasteiger partial charge in [0.05, 0.1) is 29.6 Å². The summed E-state index contributed by atoms with van der Waals surface area (Å²) in [5.74, 6) is 0. The van der Waals surface area contributed by atoms with E-state index in [-0.39, 0.29) is 12.2 Å². The number of ether oxygens (including phenoxy) is 1. The molecule has 5 heteroatoms. The zero-order valence-electron chi connectivity index (χ0n) is 11.0. The van der Waals surface area contributed by atoms with Crippen LogP contribution in [0, 0.1) is 0 Å². The highest BCUT2D eigenvalue weighted by molar-refractivity contribution is 6.31. The molecule has 0 N–H and O–H groups in total. The van der Waals surface area contributed by atoms with Crippen molar-refractivity contribution < 1.29 is 4.74 Å². The van der Waals surface area contributed by atoms with Crippen molar-refractivity contribution in [2.75, 3.05) is 18.0 Å². The Morgan fingerprint density at radius 3 is 2.74 bits per heavy atom. The van der Waals surface area contributed by atoms with E-state index in [0.29, 0.717) is 0 Å². The Morgan fingerprint density at radius 2 is 2.00 bits per heavy atom. The molecule has 100 valence electrons. The lowest BCUT2D eigenvalue weighted by molar-refractivity contribution is -0.00515. The average molecular weight is 278 g/mol. The number of anilines is 1. The Hall–Kier alpha value is -1.39. The summed E-state index contributed by atoms with van der Waals surface area (Å²) in [4.78, 5) is 2.30. The molecular weight excluding hydrogens is 262 g/mol. The maximum Gasteiger partial charge on any atom is 0.0951 e. The first-order valence-corrected chi connectivity index (χ1v) is 6.82. The summed E-state index contributed by atoms with van der Waals surface area (Å²) in [6.45, 7) is 5.90. The number of benzene rings is 1. The van der Waals surface area contributed by atoms with Crippen molar-refractivity contribution in [3.05, 3.63) is 29.4 Å². The normalized spacial score (nSPS) is 23.8. The van der Waals surface area contributed by atoms with E-state index in [1.54, 1.807) is 0 Å². The molecule has 0 unspecified atom stereocenters. The van der Waals surface area contributed by atoms with Crippen molar-refractivity contribution in [1.29, 1.82) is 0 Å². The molecule has 0 spiro atoms. The summed E-state index contributed by atoms with van der Waals surface area (Å²) in [7, 11) is 0. The van der Waals surface area contributed by atoms with Gasteiger partial charge in [-0.2, -0.15) is 10.2 Å². The molecular formula is C14H16ClN3O. The highest BCUT2D eigenvalue weighted by atomic mass is 35.5. The summed E-state index contributed by atoms with van der Waals surface area (Å²) < 4.78 is 5.77. The molecule has 1 saturated heterocycles. The van der Waals surface area contributed by atoms with Crippen molar-refractivity contribution in [1.82, 2.24) is 10.2 Å². The Bertz CT molecular complexity index is 594. The molecule has 2 aromatic rings. The zero-order chi connectivity index (χ0) is 13.4. The second-order valence-electron chi connectivity index (χ2n) is 5.05. The summed E-state index contributed by atoms with van der Waals surface area (Å²) in [5, 5.41) is 10.0. The van der Waals surface area contributed by atoms with Crippen LogP contribution >= 0.6 is 11.6 Å². The molecule has 0 radical (unpaired) electrons. The second kappa shape index (κ2) is 4.94. The van der Waals surface area contributed by atoms with E-state index in [1.165, 1.54) is 0 Å². The molecule has 19 heavy (non-hydrogen) atoms. The Labute approximate surface area is 117 Å². The van der Waals surface area contributed by atoms with Crippen LogP contribution in [0.3, 0.4) is 0 Å². The van der Waals surface area contributed by atoms with Crippen LogP contribution in [0.4, 0.5) is 5.69 Å². The van der Waals surface area contributed by atoms with Crippen molar-refractivity contribution in [2.45, 2.75) is 26.1 Å². The van der Waals surface area contributed by atoms with Gasteiger partial charge in [0.1, 0.15) is 0 Å². The van der Waals surface area contributed by atoms with Crippen LogP contribution in [0.5, 0.6) is 0 Å². The molecule has 1 fully saturated rings. The summed E-state index contributed by atoms with van der Waals surface area (Å²) in [6, 6.07) is 5.69. The fourth-order valence-corrected chi connectivity index (χ4v) is 2.81. The third kappa shape index (κ3) is 2.51. The van der Waals surface area contributed by atoms with Gasteiger partial charge in [-0.15, -0.1) is 0 Å². The first kappa shape index (κ1) is 12.6. The molecule has 2 atom stereocenters. The van der Waals surface area contributed by atoms with Gasteiger partial charge in [-0.3, -0.25) is 0 Å². The Balaban J connectivity index is 2.06. The topological polar surface area (TPSA) is 38.2 Å². The van der Waals surface area contributed by atoms with E-state index >= 15 is 0 Å². The van der Waals surface area contributed by atoms with Gasteiger partial charge >= 0.3 is 0 Å². The van der Waals surface area contributed by atoms with Crippen LogP contribution in [0.15, 0.2) is 24.4 Å².